The number of carbonyl (C=O) groups is 1. The molecule has 0 aliphatic carbocycles. The largest absolute Gasteiger partial charge is 0.494 e. The van der Waals surface area contributed by atoms with Gasteiger partial charge in [-0.1, -0.05) is 0 Å². The summed E-state index contributed by atoms with van der Waals surface area (Å²) in [6.07, 6.45) is 5.34. The van der Waals surface area contributed by atoms with Crippen LogP contribution in [-0.2, 0) is 0 Å². The number of aliphatic hydroxyl groups excluding tert-OH is 1. The molecular formula is C22H31N3O3. The van der Waals surface area contributed by atoms with Crippen molar-refractivity contribution in [3.05, 3.63) is 30.0 Å². The number of fused-ring (bicyclic) bond motifs is 1. The van der Waals surface area contributed by atoms with Crippen LogP contribution in [-0.4, -0.2) is 71.7 Å². The van der Waals surface area contributed by atoms with Crippen molar-refractivity contribution in [2.24, 2.45) is 5.92 Å². The minimum absolute atomic E-state index is 0.0410. The number of rotatable bonds is 6. The number of aromatic nitrogens is 1. The molecule has 0 radical (unpaired) electrons. The number of hydrogen-bond acceptors (Lipinski definition) is 4. The van der Waals surface area contributed by atoms with Crippen LogP contribution in [0.1, 0.15) is 42.6 Å². The molecule has 2 fully saturated rings. The number of ether oxygens (including phenoxy) is 1. The van der Waals surface area contributed by atoms with Gasteiger partial charge in [0.15, 0.2) is 0 Å². The summed E-state index contributed by atoms with van der Waals surface area (Å²) < 4.78 is 5.98. The molecule has 2 aromatic rings. The molecule has 1 atom stereocenters. The Kier molecular flexibility index (Phi) is 5.87. The average Bonchev–Trinajstić information content (AvgIpc) is 3.33. The first-order valence-electron chi connectivity index (χ1n) is 10.5. The topological polar surface area (TPSA) is 68.8 Å². The second kappa shape index (κ2) is 8.53. The number of aromatic amines is 1. The average molecular weight is 386 g/mol. The van der Waals surface area contributed by atoms with Crippen molar-refractivity contribution in [3.63, 3.8) is 0 Å². The van der Waals surface area contributed by atoms with Gasteiger partial charge in [0.1, 0.15) is 11.4 Å². The monoisotopic (exact) mass is 385 g/mol. The number of likely N-dealkylation sites (tertiary alicyclic amines) is 2. The van der Waals surface area contributed by atoms with E-state index in [1.54, 1.807) is 0 Å². The fraction of sp³-hybridized carbons (Fsp3) is 0.591. The van der Waals surface area contributed by atoms with Crippen molar-refractivity contribution in [1.29, 1.82) is 0 Å². The van der Waals surface area contributed by atoms with E-state index in [0.29, 0.717) is 30.7 Å². The van der Waals surface area contributed by atoms with E-state index in [1.165, 1.54) is 19.4 Å². The van der Waals surface area contributed by atoms with Crippen molar-refractivity contribution in [1.82, 2.24) is 14.8 Å². The van der Waals surface area contributed by atoms with Crippen molar-refractivity contribution in [2.45, 2.75) is 38.1 Å². The third kappa shape index (κ3) is 4.18. The lowest BCUT2D eigenvalue weighted by atomic mass is 9.98. The van der Waals surface area contributed by atoms with Gasteiger partial charge in [0, 0.05) is 36.6 Å². The molecule has 1 aromatic heterocycles. The van der Waals surface area contributed by atoms with Crippen molar-refractivity contribution in [3.8, 4) is 5.75 Å². The van der Waals surface area contributed by atoms with E-state index in [0.717, 1.165) is 42.5 Å². The van der Waals surface area contributed by atoms with Gasteiger partial charge in [-0.25, -0.2) is 0 Å². The van der Waals surface area contributed by atoms with Crippen LogP contribution in [0.25, 0.3) is 10.9 Å². The molecule has 4 rings (SSSR count). The van der Waals surface area contributed by atoms with Gasteiger partial charge in [0.2, 0.25) is 0 Å². The number of aliphatic hydroxyl groups is 1. The van der Waals surface area contributed by atoms with E-state index in [4.69, 9.17) is 4.74 Å². The number of H-pyrrole nitrogens is 1. The van der Waals surface area contributed by atoms with Crippen LogP contribution < -0.4 is 4.74 Å². The van der Waals surface area contributed by atoms with Crippen molar-refractivity contribution >= 4 is 16.8 Å². The van der Waals surface area contributed by atoms with Gasteiger partial charge in [-0.3, -0.25) is 4.79 Å². The summed E-state index contributed by atoms with van der Waals surface area (Å²) in [7, 11) is 2.19. The van der Waals surface area contributed by atoms with Crippen LogP contribution in [0.2, 0.25) is 0 Å². The Balaban J connectivity index is 1.37. The lowest BCUT2D eigenvalue weighted by Crippen LogP contribution is -2.39. The molecule has 2 aliphatic rings. The molecule has 1 aromatic carbocycles. The predicted octanol–water partition coefficient (Wildman–Crippen LogP) is 2.88. The Morgan fingerprint density at radius 1 is 1.21 bits per heavy atom. The highest BCUT2D eigenvalue weighted by molar-refractivity contribution is 5.98. The molecule has 1 unspecified atom stereocenters. The van der Waals surface area contributed by atoms with E-state index in [9.17, 15) is 9.90 Å². The molecule has 2 saturated heterocycles. The molecule has 28 heavy (non-hydrogen) atoms. The Morgan fingerprint density at radius 2 is 2.04 bits per heavy atom. The Bertz CT molecular complexity index is 810. The third-order valence-corrected chi connectivity index (χ3v) is 6.37. The highest BCUT2D eigenvalue weighted by Gasteiger charge is 2.24. The number of hydrogen-bond donors (Lipinski definition) is 2. The van der Waals surface area contributed by atoms with Gasteiger partial charge in [-0.05, 0) is 75.9 Å². The number of nitrogens with one attached hydrogen (secondary N) is 1. The highest BCUT2D eigenvalue weighted by Crippen LogP contribution is 2.25. The maximum absolute atomic E-state index is 12.8. The van der Waals surface area contributed by atoms with Gasteiger partial charge in [0.05, 0.1) is 6.61 Å². The van der Waals surface area contributed by atoms with Crippen molar-refractivity contribution < 1.29 is 14.6 Å². The van der Waals surface area contributed by atoms with Crippen LogP contribution in [0, 0.1) is 5.92 Å². The molecule has 152 valence electrons. The molecule has 0 bridgehead atoms. The first-order chi connectivity index (χ1) is 13.6. The maximum atomic E-state index is 12.8. The maximum Gasteiger partial charge on any atom is 0.270 e. The SMILES string of the molecule is CN1CCCC1CCOc1ccc2[nH]c(C(=O)N3CCC(CO)CC3)cc2c1. The van der Waals surface area contributed by atoms with Gasteiger partial charge in [0.25, 0.3) is 5.91 Å². The van der Waals surface area contributed by atoms with E-state index < -0.39 is 0 Å². The molecule has 1 amide bonds. The lowest BCUT2D eigenvalue weighted by molar-refractivity contribution is 0.0646. The summed E-state index contributed by atoms with van der Waals surface area (Å²) in [6.45, 7) is 3.55. The number of benzene rings is 1. The summed E-state index contributed by atoms with van der Waals surface area (Å²) in [5.74, 6) is 1.23. The molecule has 0 spiro atoms. The Labute approximate surface area is 166 Å². The standard InChI is InChI=1S/C22H31N3O3/c1-24-9-2-3-18(24)8-12-28-19-4-5-20-17(13-19)14-21(23-20)22(27)25-10-6-16(15-26)7-11-25/h4-5,13-14,16,18,23,26H,2-3,6-12,15H2,1H3. The first-order valence-corrected chi connectivity index (χ1v) is 10.5. The van der Waals surface area contributed by atoms with Gasteiger partial charge in [-0.2, -0.15) is 0 Å². The number of carbonyl (C=O) groups excluding carboxylic acids is 1. The van der Waals surface area contributed by atoms with Crippen LogP contribution in [0.5, 0.6) is 5.75 Å². The van der Waals surface area contributed by atoms with Crippen LogP contribution in [0.4, 0.5) is 0 Å². The second-order valence-electron chi connectivity index (χ2n) is 8.26. The summed E-state index contributed by atoms with van der Waals surface area (Å²) >= 11 is 0. The Hall–Kier alpha value is -2.05. The first kappa shape index (κ1) is 19.3. The normalized spacial score (nSPS) is 21.5. The quantitative estimate of drug-likeness (QED) is 0.802. The zero-order valence-electron chi connectivity index (χ0n) is 16.7. The van der Waals surface area contributed by atoms with E-state index in [2.05, 4.69) is 16.9 Å². The fourth-order valence-electron chi connectivity index (χ4n) is 4.46. The van der Waals surface area contributed by atoms with Crippen molar-refractivity contribution in [2.75, 3.05) is 39.9 Å². The molecule has 3 heterocycles. The smallest absolute Gasteiger partial charge is 0.270 e. The second-order valence-corrected chi connectivity index (χ2v) is 8.26. The minimum Gasteiger partial charge on any atom is -0.494 e. The summed E-state index contributed by atoms with van der Waals surface area (Å²) in [4.78, 5) is 20.3. The summed E-state index contributed by atoms with van der Waals surface area (Å²) in [5, 5.41) is 10.3. The third-order valence-electron chi connectivity index (χ3n) is 6.37. The van der Waals surface area contributed by atoms with Gasteiger partial charge < -0.3 is 24.6 Å². The van der Waals surface area contributed by atoms with Crippen LogP contribution in [0.3, 0.4) is 0 Å². The molecule has 0 saturated carbocycles. The number of amides is 1. The number of nitrogens with zero attached hydrogens (tertiary/aromatic N) is 2. The minimum atomic E-state index is 0.0410. The Morgan fingerprint density at radius 3 is 2.75 bits per heavy atom. The summed E-state index contributed by atoms with van der Waals surface area (Å²) in [6, 6.07) is 8.53. The molecule has 2 N–H and O–H groups in total. The van der Waals surface area contributed by atoms with Gasteiger partial charge in [-0.15, -0.1) is 0 Å². The van der Waals surface area contributed by atoms with E-state index in [-0.39, 0.29) is 12.5 Å². The predicted molar refractivity (Wildman–Crippen MR) is 110 cm³/mol. The zero-order valence-corrected chi connectivity index (χ0v) is 16.7. The molecule has 6 nitrogen and oxygen atoms in total. The molecule has 2 aliphatic heterocycles. The summed E-state index contributed by atoms with van der Waals surface area (Å²) in [5.41, 5.74) is 1.58. The van der Waals surface area contributed by atoms with Gasteiger partial charge >= 0.3 is 0 Å². The lowest BCUT2D eigenvalue weighted by Gasteiger charge is -2.30. The number of piperidine rings is 1. The van der Waals surface area contributed by atoms with E-state index in [1.807, 2.05) is 29.2 Å². The highest BCUT2D eigenvalue weighted by atomic mass is 16.5. The fourth-order valence-corrected chi connectivity index (χ4v) is 4.46. The molecule has 6 heteroatoms. The van der Waals surface area contributed by atoms with Crippen LogP contribution in [0.15, 0.2) is 24.3 Å². The zero-order chi connectivity index (χ0) is 19.5. The van der Waals surface area contributed by atoms with Crippen LogP contribution >= 0.6 is 0 Å². The van der Waals surface area contributed by atoms with E-state index >= 15 is 0 Å². The molecular weight excluding hydrogens is 354 g/mol.